The summed E-state index contributed by atoms with van der Waals surface area (Å²) in [5.74, 6) is 1.16. The van der Waals surface area contributed by atoms with Crippen LogP contribution in [0.25, 0.3) is 0 Å². The Morgan fingerprint density at radius 2 is 1.00 bits per heavy atom. The number of nitrogens with one attached hydrogen (secondary N) is 1. The van der Waals surface area contributed by atoms with E-state index in [2.05, 4.69) is 46.9 Å². The molecule has 2 nitrogen and oxygen atoms in total. The monoisotopic (exact) mass is 447 g/mol. The van der Waals surface area contributed by atoms with Crippen LogP contribution in [0.15, 0.2) is 0 Å². The number of thiocarbonyl (C=S) groups is 1. The highest BCUT2D eigenvalue weighted by atomic mass is 32.2. The zero-order chi connectivity index (χ0) is 22.2. The predicted molar refractivity (Wildman–Crippen MR) is 142 cm³/mol. The third-order valence-corrected chi connectivity index (χ3v) is 6.87. The molecule has 0 aliphatic heterocycles. The van der Waals surface area contributed by atoms with Crippen molar-refractivity contribution < 1.29 is 4.48 Å². The molecule has 0 saturated carbocycles. The highest BCUT2D eigenvalue weighted by molar-refractivity contribution is 8.22. The first kappa shape index (κ1) is 31.4. The van der Waals surface area contributed by atoms with Gasteiger partial charge in [0.1, 0.15) is 4.32 Å². The Morgan fingerprint density at radius 3 is 1.34 bits per heavy atom. The molecule has 0 atom stereocenters. The number of unbranched alkanes of at least 4 members (excludes halogenated alkanes) is 6. The molecule has 0 spiro atoms. The van der Waals surface area contributed by atoms with Gasteiger partial charge in [-0.05, 0) is 38.5 Å². The van der Waals surface area contributed by atoms with Crippen LogP contribution in [-0.4, -0.2) is 47.3 Å². The number of rotatable bonds is 18. The van der Waals surface area contributed by atoms with E-state index in [1.807, 2.05) is 0 Å². The van der Waals surface area contributed by atoms with Crippen molar-refractivity contribution >= 4 is 28.3 Å². The maximum atomic E-state index is 5.13. The molecule has 1 N–H and O–H groups in total. The van der Waals surface area contributed by atoms with Gasteiger partial charge < -0.3 is 9.80 Å². The van der Waals surface area contributed by atoms with Crippen molar-refractivity contribution in [2.45, 2.75) is 119 Å². The number of quaternary nitrogens is 1. The minimum Gasteiger partial charge on any atom is -0.371 e. The Hall–Kier alpha value is 0.200. The normalized spacial score (nSPS) is 11.1. The second-order valence-electron chi connectivity index (χ2n) is 8.42. The Labute approximate surface area is 195 Å². The first-order chi connectivity index (χ1) is 14.1. The minimum absolute atomic E-state index is 0.969. The summed E-state index contributed by atoms with van der Waals surface area (Å²) in [7, 11) is 0. The lowest BCUT2D eigenvalue weighted by Crippen LogP contribution is -2.50. The number of hydrogen-bond acceptors (Lipinski definition) is 2. The zero-order valence-electron chi connectivity index (χ0n) is 21.0. The van der Waals surface area contributed by atoms with E-state index in [1.165, 1.54) is 108 Å². The highest BCUT2D eigenvalue weighted by Crippen LogP contribution is 2.16. The molecule has 0 heterocycles. The van der Waals surface area contributed by atoms with Crippen LogP contribution < -0.4 is 5.32 Å². The number of thioether (sulfide) groups is 1. The predicted octanol–water partition coefficient (Wildman–Crippen LogP) is 8.20. The molecule has 176 valence electrons. The Bertz CT molecular complexity index is 285. The SMILES string of the molecule is CCCCNC(=S)SCCCC.CCCC[N+](CCCC)(CCCC)CCCC. The van der Waals surface area contributed by atoms with Crippen LogP contribution in [0.1, 0.15) is 119 Å². The molecule has 0 saturated heterocycles. The molecular formula is C25H55N2S2+. The van der Waals surface area contributed by atoms with Gasteiger partial charge in [-0.3, -0.25) is 0 Å². The lowest BCUT2D eigenvalue weighted by molar-refractivity contribution is -0.929. The van der Waals surface area contributed by atoms with Crippen molar-refractivity contribution in [2.75, 3.05) is 38.5 Å². The van der Waals surface area contributed by atoms with Crippen molar-refractivity contribution in [3.05, 3.63) is 0 Å². The average Bonchev–Trinajstić information content (AvgIpc) is 2.73. The molecule has 0 rings (SSSR count). The van der Waals surface area contributed by atoms with Crippen LogP contribution in [0.4, 0.5) is 0 Å². The molecule has 0 aliphatic rings. The van der Waals surface area contributed by atoms with Crippen molar-refractivity contribution in [1.29, 1.82) is 0 Å². The van der Waals surface area contributed by atoms with Crippen molar-refractivity contribution in [3.63, 3.8) is 0 Å². The molecule has 0 unspecified atom stereocenters. The first-order valence-corrected chi connectivity index (χ1v) is 14.2. The molecule has 0 bridgehead atoms. The summed E-state index contributed by atoms with van der Waals surface area (Å²) >= 11 is 6.90. The van der Waals surface area contributed by atoms with E-state index in [1.54, 1.807) is 11.8 Å². The van der Waals surface area contributed by atoms with Gasteiger partial charge in [0.15, 0.2) is 0 Å². The maximum Gasteiger partial charge on any atom is 0.133 e. The van der Waals surface area contributed by atoms with Gasteiger partial charge in [-0.1, -0.05) is 104 Å². The Kier molecular flexibility index (Phi) is 26.5. The van der Waals surface area contributed by atoms with E-state index >= 15 is 0 Å². The molecule has 0 radical (unpaired) electrons. The Balaban J connectivity index is 0. The summed E-state index contributed by atoms with van der Waals surface area (Å²) in [5, 5.41) is 3.24. The van der Waals surface area contributed by atoms with Gasteiger partial charge in [0.2, 0.25) is 0 Å². The minimum atomic E-state index is 0.969. The third kappa shape index (κ3) is 21.2. The standard InChI is InChI=1S/C16H36N.C9H19NS2/c1-5-9-13-17(14-10-6-2,15-11-7-3)16-12-8-4;1-3-5-7-10-9(11)12-8-6-4-2/h5-16H2,1-4H3;3-8H2,1-2H3,(H,10,11)/q+1;. The highest BCUT2D eigenvalue weighted by Gasteiger charge is 2.24. The molecule has 0 aliphatic carbocycles. The smallest absolute Gasteiger partial charge is 0.133 e. The molecule has 4 heteroatoms. The molecular weight excluding hydrogens is 392 g/mol. The molecule has 29 heavy (non-hydrogen) atoms. The number of hydrogen-bond donors (Lipinski definition) is 1. The lowest BCUT2D eigenvalue weighted by Gasteiger charge is -2.39. The summed E-state index contributed by atoms with van der Waals surface area (Å²) in [5.41, 5.74) is 0. The third-order valence-electron chi connectivity index (χ3n) is 5.47. The molecule has 0 amide bonds. The summed E-state index contributed by atoms with van der Waals surface area (Å²) in [6.45, 7) is 20.4. The van der Waals surface area contributed by atoms with E-state index in [9.17, 15) is 0 Å². The maximum absolute atomic E-state index is 5.13. The van der Waals surface area contributed by atoms with Crippen LogP contribution in [0.2, 0.25) is 0 Å². The van der Waals surface area contributed by atoms with E-state index in [0.717, 1.165) is 16.6 Å². The van der Waals surface area contributed by atoms with Crippen LogP contribution in [0.5, 0.6) is 0 Å². The van der Waals surface area contributed by atoms with E-state index in [4.69, 9.17) is 12.2 Å². The second kappa shape index (κ2) is 24.5. The fraction of sp³-hybridized carbons (Fsp3) is 0.960. The average molecular weight is 448 g/mol. The lowest BCUT2D eigenvalue weighted by atomic mass is 10.1. The quantitative estimate of drug-likeness (QED) is 0.129. The number of nitrogens with zero attached hydrogens (tertiary/aromatic N) is 1. The molecule has 0 aromatic rings. The summed E-state index contributed by atoms with van der Waals surface area (Å²) in [4.78, 5) is 0. The largest absolute Gasteiger partial charge is 0.371 e. The summed E-state index contributed by atoms with van der Waals surface area (Å²) < 4.78 is 2.39. The van der Waals surface area contributed by atoms with Gasteiger partial charge in [0.05, 0.1) is 26.2 Å². The first-order valence-electron chi connectivity index (χ1n) is 12.8. The topological polar surface area (TPSA) is 12.0 Å². The van der Waals surface area contributed by atoms with Gasteiger partial charge >= 0.3 is 0 Å². The van der Waals surface area contributed by atoms with E-state index in [-0.39, 0.29) is 0 Å². The second-order valence-corrected chi connectivity index (χ2v) is 10.2. The van der Waals surface area contributed by atoms with Crippen LogP contribution in [0, 0.1) is 0 Å². The summed E-state index contributed by atoms with van der Waals surface area (Å²) in [6.07, 6.45) is 16.0. The van der Waals surface area contributed by atoms with Gasteiger partial charge in [0.25, 0.3) is 0 Å². The van der Waals surface area contributed by atoms with Gasteiger partial charge in [-0.15, -0.1) is 0 Å². The molecule has 0 fully saturated rings. The fourth-order valence-electron chi connectivity index (χ4n) is 3.37. The van der Waals surface area contributed by atoms with Crippen molar-refractivity contribution in [1.82, 2.24) is 5.32 Å². The van der Waals surface area contributed by atoms with Crippen molar-refractivity contribution in [2.24, 2.45) is 0 Å². The van der Waals surface area contributed by atoms with Crippen LogP contribution in [0.3, 0.4) is 0 Å². The summed E-state index contributed by atoms with van der Waals surface area (Å²) in [6, 6.07) is 0. The van der Waals surface area contributed by atoms with E-state index < -0.39 is 0 Å². The van der Waals surface area contributed by atoms with Crippen LogP contribution in [-0.2, 0) is 0 Å². The fourth-order valence-corrected chi connectivity index (χ4v) is 4.55. The van der Waals surface area contributed by atoms with E-state index in [0.29, 0.717) is 0 Å². The van der Waals surface area contributed by atoms with Gasteiger partial charge in [0, 0.05) is 12.3 Å². The van der Waals surface area contributed by atoms with Crippen molar-refractivity contribution in [3.8, 4) is 0 Å². The molecule has 0 aromatic carbocycles. The van der Waals surface area contributed by atoms with Gasteiger partial charge in [-0.25, -0.2) is 0 Å². The Morgan fingerprint density at radius 1 is 0.621 bits per heavy atom. The molecule has 0 aromatic heterocycles. The van der Waals surface area contributed by atoms with Gasteiger partial charge in [-0.2, -0.15) is 0 Å². The van der Waals surface area contributed by atoms with Crippen LogP contribution >= 0.6 is 24.0 Å². The zero-order valence-corrected chi connectivity index (χ0v) is 22.6.